The molecular weight excluding hydrogens is 625 g/mol. The Morgan fingerprint density at radius 1 is 0.979 bits per heavy atom. The number of benzene rings is 2. The number of carbonyl (C=O) groups excluding carboxylic acids is 1. The molecule has 0 spiro atoms. The van der Waals surface area contributed by atoms with Gasteiger partial charge in [-0.15, -0.1) is 0 Å². The zero-order chi connectivity index (χ0) is 34.4. The summed E-state index contributed by atoms with van der Waals surface area (Å²) < 4.78 is 38.3. The highest BCUT2D eigenvalue weighted by Crippen LogP contribution is 2.32. The summed E-state index contributed by atoms with van der Waals surface area (Å²) in [5.74, 6) is 0.0323. The van der Waals surface area contributed by atoms with Crippen LogP contribution in [0, 0.1) is 19.3 Å². The summed E-state index contributed by atoms with van der Waals surface area (Å²) in [6.45, 7) is 14.9. The first-order valence-corrected chi connectivity index (χ1v) is 17.7. The minimum absolute atomic E-state index is 0.0715. The molecule has 11 heteroatoms. The molecule has 0 unspecified atom stereocenters. The van der Waals surface area contributed by atoms with Gasteiger partial charge in [0.15, 0.2) is 0 Å². The number of aryl methyl sites for hydroxylation is 2. The highest BCUT2D eigenvalue weighted by molar-refractivity contribution is 7.92. The van der Waals surface area contributed by atoms with Gasteiger partial charge in [-0.1, -0.05) is 65.0 Å². The van der Waals surface area contributed by atoms with E-state index in [4.69, 9.17) is 9.72 Å². The molecule has 0 saturated carbocycles. The molecule has 1 amide bonds. The second kappa shape index (κ2) is 12.7. The summed E-state index contributed by atoms with van der Waals surface area (Å²) in [7, 11) is -4.17. The molecule has 0 radical (unpaired) electrons. The number of hydrogen-bond acceptors (Lipinski definition) is 7. The molecule has 0 aliphatic carbocycles. The zero-order valence-corrected chi connectivity index (χ0v) is 29.3. The second-order valence-corrected chi connectivity index (χ2v) is 15.7. The van der Waals surface area contributed by atoms with Gasteiger partial charge < -0.3 is 14.0 Å². The second-order valence-electron chi connectivity index (χ2n) is 14.1. The number of nitrogens with one attached hydrogen (secondary N) is 1. The van der Waals surface area contributed by atoms with Gasteiger partial charge in [0, 0.05) is 29.6 Å². The average Bonchev–Trinajstić information content (AvgIpc) is 3.43. The number of hydrogen-bond donors (Lipinski definition) is 1. The Labute approximate surface area is 282 Å². The highest BCUT2D eigenvalue weighted by Gasteiger charge is 2.32. The van der Waals surface area contributed by atoms with E-state index in [1.54, 1.807) is 23.1 Å². The van der Waals surface area contributed by atoms with E-state index in [-0.39, 0.29) is 52.7 Å². The minimum atomic E-state index is -4.17. The monoisotopic (exact) mass is 666 g/mol. The fraction of sp³-hybridized carbons (Fsp3) is 0.351. The van der Waals surface area contributed by atoms with E-state index in [2.05, 4.69) is 55.4 Å². The van der Waals surface area contributed by atoms with Crippen molar-refractivity contribution >= 4 is 27.5 Å². The number of imidazole rings is 1. The molecule has 1 atom stereocenters. The van der Waals surface area contributed by atoms with E-state index in [1.807, 2.05) is 54.9 Å². The number of sulfonamides is 1. The van der Waals surface area contributed by atoms with Crippen LogP contribution in [0.15, 0.2) is 78.0 Å². The molecule has 48 heavy (non-hydrogen) atoms. The minimum Gasteiger partial charge on any atom is -0.475 e. The van der Waals surface area contributed by atoms with E-state index >= 15 is 0 Å². The summed E-state index contributed by atoms with van der Waals surface area (Å²) in [4.78, 5) is 30.3. The van der Waals surface area contributed by atoms with Crippen molar-refractivity contribution in [3.63, 3.8) is 0 Å². The molecule has 6 rings (SSSR count). The number of rotatable bonds is 5. The Kier molecular flexibility index (Phi) is 8.76. The van der Waals surface area contributed by atoms with Crippen LogP contribution in [-0.4, -0.2) is 51.2 Å². The molecule has 4 heterocycles. The lowest BCUT2D eigenvalue weighted by Gasteiger charge is -2.35. The average molecular weight is 667 g/mol. The molecule has 3 aromatic heterocycles. The van der Waals surface area contributed by atoms with Gasteiger partial charge in [-0.05, 0) is 72.6 Å². The zero-order valence-electron chi connectivity index (χ0n) is 28.5. The van der Waals surface area contributed by atoms with Crippen molar-refractivity contribution in [2.45, 2.75) is 78.3 Å². The number of aromatic nitrogens is 4. The fourth-order valence-corrected chi connectivity index (χ4v) is 7.32. The summed E-state index contributed by atoms with van der Waals surface area (Å²) in [5.41, 5.74) is 6.09. The molecule has 2 aromatic carbocycles. The van der Waals surface area contributed by atoms with Gasteiger partial charge in [0.25, 0.3) is 15.9 Å². The van der Waals surface area contributed by atoms with Crippen molar-refractivity contribution in [3.05, 3.63) is 101 Å². The van der Waals surface area contributed by atoms with Crippen molar-refractivity contribution < 1.29 is 17.9 Å². The van der Waals surface area contributed by atoms with Crippen molar-refractivity contribution in [2.24, 2.45) is 5.41 Å². The molecule has 1 aliphatic heterocycles. The summed E-state index contributed by atoms with van der Waals surface area (Å²) in [5, 5.41) is 0. The van der Waals surface area contributed by atoms with Gasteiger partial charge in [-0.2, -0.15) is 4.98 Å². The molecule has 1 aliphatic rings. The van der Waals surface area contributed by atoms with Crippen molar-refractivity contribution in [2.75, 3.05) is 11.3 Å². The maximum Gasteiger partial charge on any atom is 0.264 e. The van der Waals surface area contributed by atoms with E-state index < -0.39 is 16.1 Å². The first-order valence-electron chi connectivity index (χ1n) is 16.2. The SMILES string of the molecule is Cc1cccc(C)c1-c1cc2nc(n1)NS(=O)(=O)c1cccc(c1)C(=O)N(Cc1cn3cccc(C(C)C)c3n1)[C@H](CC(C)(C)C)CO2. The largest absolute Gasteiger partial charge is 0.475 e. The van der Waals surface area contributed by atoms with Crippen LogP contribution in [0.25, 0.3) is 16.9 Å². The molecule has 5 aromatic rings. The highest BCUT2D eigenvalue weighted by atomic mass is 32.2. The van der Waals surface area contributed by atoms with Crippen LogP contribution in [-0.2, 0) is 16.6 Å². The Morgan fingerprint density at radius 2 is 1.71 bits per heavy atom. The van der Waals surface area contributed by atoms with Crippen LogP contribution < -0.4 is 9.46 Å². The van der Waals surface area contributed by atoms with E-state index in [0.717, 1.165) is 27.9 Å². The number of amides is 1. The Bertz CT molecular complexity index is 2100. The summed E-state index contributed by atoms with van der Waals surface area (Å²) in [6.07, 6.45) is 4.50. The maximum atomic E-state index is 14.5. The van der Waals surface area contributed by atoms with Gasteiger partial charge in [-0.3, -0.25) is 4.79 Å². The normalized spacial score (nSPS) is 16.5. The van der Waals surface area contributed by atoms with Gasteiger partial charge in [0.05, 0.1) is 28.9 Å². The summed E-state index contributed by atoms with van der Waals surface area (Å²) >= 11 is 0. The van der Waals surface area contributed by atoms with Crippen LogP contribution in [0.2, 0.25) is 0 Å². The van der Waals surface area contributed by atoms with Crippen LogP contribution in [0.1, 0.15) is 79.7 Å². The van der Waals surface area contributed by atoms with Crippen LogP contribution >= 0.6 is 0 Å². The summed E-state index contributed by atoms with van der Waals surface area (Å²) in [6, 6.07) is 17.4. The quantitative estimate of drug-likeness (QED) is 0.211. The standard InChI is InChI=1S/C37H42N6O4S/c1-23(2)30-15-10-16-42-20-27(38-34(30)42)21-43-28(19-37(5,6)7)22-47-32-18-31(33-24(3)11-8-12-25(33)4)39-36(40-32)41-48(45,46)29-14-9-13-26(17-29)35(43)44/h8-18,20,23,28H,19,21-22H2,1-7H3,(H,39,40,41)/t28-/m1/s1. The number of ether oxygens (including phenoxy) is 1. The fourth-order valence-electron chi connectivity index (χ4n) is 6.33. The third kappa shape index (κ3) is 6.92. The Morgan fingerprint density at radius 3 is 2.42 bits per heavy atom. The van der Waals surface area contributed by atoms with E-state index in [1.165, 1.54) is 12.1 Å². The lowest BCUT2D eigenvalue weighted by molar-refractivity contribution is 0.0509. The predicted octanol–water partition coefficient (Wildman–Crippen LogP) is 7.17. The number of nitrogens with zero attached hydrogens (tertiary/aromatic N) is 5. The molecule has 4 bridgehead atoms. The van der Waals surface area contributed by atoms with Crippen molar-refractivity contribution in [1.82, 2.24) is 24.3 Å². The topological polar surface area (TPSA) is 119 Å². The van der Waals surface area contributed by atoms with Gasteiger partial charge in [-0.25, -0.2) is 23.1 Å². The molecule has 1 N–H and O–H groups in total. The molecule has 0 saturated heterocycles. The molecule has 10 nitrogen and oxygen atoms in total. The lowest BCUT2D eigenvalue weighted by Crippen LogP contribution is -2.45. The number of fused-ring (bicyclic) bond motifs is 5. The first-order chi connectivity index (χ1) is 22.7. The van der Waals surface area contributed by atoms with Crippen LogP contribution in [0.3, 0.4) is 0 Å². The number of carbonyl (C=O) groups is 1. The van der Waals surface area contributed by atoms with E-state index in [0.29, 0.717) is 17.8 Å². The third-order valence-corrected chi connectivity index (χ3v) is 9.87. The molecular formula is C37H42N6O4S. The van der Waals surface area contributed by atoms with Gasteiger partial charge in [0.1, 0.15) is 12.3 Å². The van der Waals surface area contributed by atoms with E-state index in [9.17, 15) is 13.2 Å². The van der Waals surface area contributed by atoms with Gasteiger partial charge >= 0.3 is 0 Å². The van der Waals surface area contributed by atoms with Crippen LogP contribution in [0.4, 0.5) is 5.95 Å². The smallest absolute Gasteiger partial charge is 0.264 e. The molecule has 250 valence electrons. The van der Waals surface area contributed by atoms with Gasteiger partial charge in [0.2, 0.25) is 11.8 Å². The number of anilines is 1. The number of pyridine rings is 1. The Balaban J connectivity index is 1.50. The predicted molar refractivity (Wildman–Crippen MR) is 187 cm³/mol. The van der Waals surface area contributed by atoms with Crippen molar-refractivity contribution in [1.29, 1.82) is 0 Å². The third-order valence-electron chi connectivity index (χ3n) is 8.55. The Hall–Kier alpha value is -4.77. The van der Waals surface area contributed by atoms with Crippen molar-refractivity contribution in [3.8, 4) is 17.1 Å². The van der Waals surface area contributed by atoms with Crippen LogP contribution in [0.5, 0.6) is 5.88 Å². The first kappa shape index (κ1) is 33.1. The molecule has 0 fully saturated rings. The maximum absolute atomic E-state index is 14.5. The lowest BCUT2D eigenvalue weighted by atomic mass is 9.87.